The third-order valence-electron chi connectivity index (χ3n) is 3.87. The summed E-state index contributed by atoms with van der Waals surface area (Å²) in [7, 11) is 1.11. The number of hydrogen-bond donors (Lipinski definition) is 2. The minimum absolute atomic E-state index is 0.0183. The van der Waals surface area contributed by atoms with Crippen LogP contribution in [0.1, 0.15) is 25.8 Å². The van der Waals surface area contributed by atoms with Gasteiger partial charge in [0.2, 0.25) is 5.91 Å². The van der Waals surface area contributed by atoms with E-state index in [9.17, 15) is 23.6 Å². The van der Waals surface area contributed by atoms with Crippen molar-refractivity contribution in [3.05, 3.63) is 35.9 Å². The van der Waals surface area contributed by atoms with Gasteiger partial charge in [-0.3, -0.25) is 14.4 Å². The molecule has 154 valence electrons. The van der Waals surface area contributed by atoms with Crippen LogP contribution in [0.25, 0.3) is 0 Å². The van der Waals surface area contributed by atoms with Crippen molar-refractivity contribution in [2.24, 2.45) is 5.92 Å². The Kier molecular flexibility index (Phi) is 9.63. The first-order chi connectivity index (χ1) is 13.3. The average Bonchev–Trinajstić information content (AvgIpc) is 2.69. The molecule has 2 N–H and O–H groups in total. The van der Waals surface area contributed by atoms with Crippen LogP contribution >= 0.6 is 0 Å². The van der Waals surface area contributed by atoms with E-state index in [0.29, 0.717) is 0 Å². The molecule has 2 amide bonds. The molecule has 0 saturated heterocycles. The number of carbonyl (C=O) groups is 4. The van der Waals surface area contributed by atoms with Gasteiger partial charge in [-0.15, -0.1) is 0 Å². The van der Waals surface area contributed by atoms with Crippen LogP contribution in [-0.4, -0.2) is 49.6 Å². The molecule has 0 aliphatic carbocycles. The second-order valence-electron chi connectivity index (χ2n) is 6.37. The summed E-state index contributed by atoms with van der Waals surface area (Å²) in [6, 6.07) is 6.55. The largest absolute Gasteiger partial charge is 0.469 e. The maximum absolute atomic E-state index is 12.7. The average molecular weight is 396 g/mol. The van der Waals surface area contributed by atoms with Gasteiger partial charge in [0.15, 0.2) is 5.78 Å². The van der Waals surface area contributed by atoms with Gasteiger partial charge in [-0.05, 0) is 11.5 Å². The van der Waals surface area contributed by atoms with E-state index in [1.165, 1.54) is 0 Å². The Balaban J connectivity index is 2.71. The van der Waals surface area contributed by atoms with E-state index in [2.05, 4.69) is 15.4 Å². The molecular weight excluding hydrogens is 371 g/mol. The summed E-state index contributed by atoms with van der Waals surface area (Å²) in [6.45, 7) is 2.02. The predicted molar refractivity (Wildman–Crippen MR) is 97.9 cm³/mol. The van der Waals surface area contributed by atoms with Crippen molar-refractivity contribution in [3.63, 3.8) is 0 Å². The zero-order chi connectivity index (χ0) is 21.1. The van der Waals surface area contributed by atoms with E-state index < -0.39 is 48.9 Å². The van der Waals surface area contributed by atoms with E-state index in [-0.39, 0.29) is 12.5 Å². The number of ether oxygens (including phenoxy) is 2. The van der Waals surface area contributed by atoms with E-state index in [0.717, 1.165) is 12.7 Å². The number of rotatable bonds is 10. The number of alkyl halides is 1. The lowest BCUT2D eigenvalue weighted by Crippen LogP contribution is -2.54. The summed E-state index contributed by atoms with van der Waals surface area (Å²) in [4.78, 5) is 47.6. The van der Waals surface area contributed by atoms with E-state index >= 15 is 0 Å². The molecule has 9 heteroatoms. The van der Waals surface area contributed by atoms with Crippen molar-refractivity contribution in [2.75, 3.05) is 13.8 Å². The van der Waals surface area contributed by atoms with Crippen LogP contribution in [0.5, 0.6) is 0 Å². The molecule has 0 spiro atoms. The second kappa shape index (κ2) is 11.7. The Hall–Kier alpha value is -2.97. The molecule has 0 aliphatic heterocycles. The van der Waals surface area contributed by atoms with Gasteiger partial charge >= 0.3 is 12.1 Å². The summed E-state index contributed by atoms with van der Waals surface area (Å²) in [5, 5.41) is 4.72. The Labute approximate surface area is 162 Å². The van der Waals surface area contributed by atoms with Crippen molar-refractivity contribution in [1.82, 2.24) is 10.6 Å². The predicted octanol–water partition coefficient (Wildman–Crippen LogP) is 1.52. The first-order valence-electron chi connectivity index (χ1n) is 8.71. The summed E-state index contributed by atoms with van der Waals surface area (Å²) in [5.74, 6) is -2.83. The molecule has 28 heavy (non-hydrogen) atoms. The minimum atomic E-state index is -1.38. The minimum Gasteiger partial charge on any atom is -0.469 e. The Morgan fingerprint density at radius 2 is 1.71 bits per heavy atom. The molecule has 0 bridgehead atoms. The highest BCUT2D eigenvalue weighted by Gasteiger charge is 2.30. The molecule has 0 aromatic heterocycles. The van der Waals surface area contributed by atoms with Crippen molar-refractivity contribution in [2.45, 2.75) is 39.0 Å². The van der Waals surface area contributed by atoms with Gasteiger partial charge in [0.25, 0.3) is 0 Å². The van der Waals surface area contributed by atoms with Crippen LogP contribution in [0.4, 0.5) is 9.18 Å². The summed E-state index contributed by atoms with van der Waals surface area (Å²) < 4.78 is 22.3. The fourth-order valence-corrected chi connectivity index (χ4v) is 2.28. The standard InChI is InChI=1S/C19H25FN2O6/c1-12(2)17(22-19(26)28-11-13-7-5-4-6-8-13)18(25)21-14(15(23)10-20)9-16(24)27-3/h4-8,12,14,17H,9-11H2,1-3H3,(H,21,25)(H,22,26). The molecule has 8 nitrogen and oxygen atoms in total. The quantitative estimate of drug-likeness (QED) is 0.580. The molecular formula is C19H25FN2O6. The van der Waals surface area contributed by atoms with E-state index in [4.69, 9.17) is 4.74 Å². The third kappa shape index (κ3) is 7.73. The highest BCUT2D eigenvalue weighted by atomic mass is 19.1. The number of methoxy groups -OCH3 is 1. The van der Waals surface area contributed by atoms with Crippen molar-refractivity contribution in [1.29, 1.82) is 0 Å². The number of nitrogens with one attached hydrogen (secondary N) is 2. The highest BCUT2D eigenvalue weighted by Crippen LogP contribution is 2.07. The number of hydrogen-bond acceptors (Lipinski definition) is 6. The van der Waals surface area contributed by atoms with Crippen LogP contribution in [0.15, 0.2) is 30.3 Å². The van der Waals surface area contributed by atoms with Crippen molar-refractivity contribution >= 4 is 23.8 Å². The lowest BCUT2D eigenvalue weighted by molar-refractivity contribution is -0.143. The number of amides is 2. The number of benzene rings is 1. The zero-order valence-electron chi connectivity index (χ0n) is 16.1. The van der Waals surface area contributed by atoms with Crippen LogP contribution in [0.2, 0.25) is 0 Å². The summed E-state index contributed by atoms with van der Waals surface area (Å²) >= 11 is 0. The smallest absolute Gasteiger partial charge is 0.408 e. The molecule has 1 rings (SSSR count). The first kappa shape index (κ1) is 23.1. The number of carbonyl (C=O) groups excluding carboxylic acids is 4. The van der Waals surface area contributed by atoms with E-state index in [1.807, 2.05) is 6.07 Å². The zero-order valence-corrected chi connectivity index (χ0v) is 16.1. The molecule has 0 radical (unpaired) electrons. The molecule has 1 aromatic carbocycles. The number of Topliss-reactive ketones (excluding diaryl/α,β-unsaturated/α-hetero) is 1. The van der Waals surface area contributed by atoms with Gasteiger partial charge in [-0.1, -0.05) is 44.2 Å². The van der Waals surface area contributed by atoms with Gasteiger partial charge in [0, 0.05) is 0 Å². The molecule has 2 atom stereocenters. The SMILES string of the molecule is COC(=O)CC(NC(=O)C(NC(=O)OCc1ccccc1)C(C)C)C(=O)CF. The normalized spacial score (nSPS) is 12.6. The number of ketones is 1. The fraction of sp³-hybridized carbons (Fsp3) is 0.474. The van der Waals surface area contributed by atoms with Gasteiger partial charge in [-0.25, -0.2) is 9.18 Å². The Morgan fingerprint density at radius 1 is 1.07 bits per heavy atom. The molecule has 0 saturated carbocycles. The Morgan fingerprint density at radius 3 is 2.25 bits per heavy atom. The van der Waals surface area contributed by atoms with Gasteiger partial charge in [-0.2, -0.15) is 0 Å². The summed E-state index contributed by atoms with van der Waals surface area (Å²) in [6.07, 6.45) is -1.33. The first-order valence-corrected chi connectivity index (χ1v) is 8.71. The molecule has 0 fully saturated rings. The van der Waals surface area contributed by atoms with Crippen LogP contribution in [0.3, 0.4) is 0 Å². The third-order valence-corrected chi connectivity index (χ3v) is 3.87. The second-order valence-corrected chi connectivity index (χ2v) is 6.37. The number of halogens is 1. The topological polar surface area (TPSA) is 111 Å². The van der Waals surface area contributed by atoms with Gasteiger partial charge in [0.1, 0.15) is 25.4 Å². The fourth-order valence-electron chi connectivity index (χ4n) is 2.28. The highest BCUT2D eigenvalue weighted by molar-refractivity contribution is 5.94. The maximum atomic E-state index is 12.7. The monoisotopic (exact) mass is 396 g/mol. The van der Waals surface area contributed by atoms with Gasteiger partial charge in [0.05, 0.1) is 13.5 Å². The number of alkyl carbamates (subject to hydrolysis) is 1. The summed E-state index contributed by atoms with van der Waals surface area (Å²) in [5.41, 5.74) is 0.773. The lowest BCUT2D eigenvalue weighted by Gasteiger charge is -2.24. The van der Waals surface area contributed by atoms with Crippen LogP contribution in [-0.2, 0) is 30.5 Å². The maximum Gasteiger partial charge on any atom is 0.408 e. The number of esters is 1. The van der Waals surface area contributed by atoms with Crippen molar-refractivity contribution in [3.8, 4) is 0 Å². The lowest BCUT2D eigenvalue weighted by atomic mass is 10.0. The van der Waals surface area contributed by atoms with Gasteiger partial charge < -0.3 is 20.1 Å². The molecule has 0 aliphatic rings. The molecule has 2 unspecified atom stereocenters. The molecule has 0 heterocycles. The Bertz CT molecular complexity index is 680. The van der Waals surface area contributed by atoms with Crippen molar-refractivity contribution < 1.29 is 33.0 Å². The molecule has 1 aromatic rings. The van der Waals surface area contributed by atoms with E-state index in [1.54, 1.807) is 38.1 Å². The van der Waals surface area contributed by atoms with Crippen LogP contribution < -0.4 is 10.6 Å². The van der Waals surface area contributed by atoms with Crippen LogP contribution in [0, 0.1) is 5.92 Å².